The highest BCUT2D eigenvalue weighted by molar-refractivity contribution is 5.86. The van der Waals surface area contributed by atoms with E-state index in [1.807, 2.05) is 50.2 Å². The number of hydrogen-bond donors (Lipinski definition) is 2. The number of fused-ring (bicyclic) bond motifs is 3. The Morgan fingerprint density at radius 2 is 1.63 bits per heavy atom. The largest absolute Gasteiger partial charge is 0.481 e. The maximum Gasteiger partial charge on any atom is 0.407 e. The van der Waals surface area contributed by atoms with Crippen molar-refractivity contribution < 1.29 is 29.0 Å². The van der Waals surface area contributed by atoms with E-state index in [0.717, 1.165) is 22.3 Å². The summed E-state index contributed by atoms with van der Waals surface area (Å²) < 4.78 is 11.1. The van der Waals surface area contributed by atoms with Crippen LogP contribution in [0.1, 0.15) is 50.7 Å². The molecule has 0 bridgehead atoms. The van der Waals surface area contributed by atoms with E-state index in [2.05, 4.69) is 17.4 Å². The van der Waals surface area contributed by atoms with Crippen molar-refractivity contribution >= 4 is 18.0 Å². The van der Waals surface area contributed by atoms with Crippen molar-refractivity contribution in [3.8, 4) is 11.1 Å². The van der Waals surface area contributed by atoms with Gasteiger partial charge in [0, 0.05) is 32.5 Å². The minimum atomic E-state index is -0.991. The smallest absolute Gasteiger partial charge is 0.407 e. The number of hydrogen-bond acceptors (Lipinski definition) is 5. The van der Waals surface area contributed by atoms with E-state index < -0.39 is 23.7 Å². The van der Waals surface area contributed by atoms with Gasteiger partial charge < -0.3 is 24.8 Å². The first kappa shape index (κ1) is 26.2. The molecule has 3 rings (SSSR count). The Labute approximate surface area is 206 Å². The third-order valence-corrected chi connectivity index (χ3v) is 6.47. The minimum absolute atomic E-state index is 0.0565. The Morgan fingerprint density at radius 1 is 1.06 bits per heavy atom. The molecule has 1 aliphatic carbocycles. The lowest BCUT2D eigenvalue weighted by Gasteiger charge is -2.31. The minimum Gasteiger partial charge on any atom is -0.481 e. The van der Waals surface area contributed by atoms with Crippen molar-refractivity contribution in [2.75, 3.05) is 26.8 Å². The van der Waals surface area contributed by atoms with Gasteiger partial charge in [-0.1, -0.05) is 48.5 Å². The molecule has 0 aromatic heterocycles. The van der Waals surface area contributed by atoms with E-state index >= 15 is 0 Å². The molecule has 2 aromatic rings. The summed E-state index contributed by atoms with van der Waals surface area (Å²) in [5.74, 6) is -1.46. The van der Waals surface area contributed by atoms with Crippen LogP contribution in [0.2, 0.25) is 0 Å². The van der Waals surface area contributed by atoms with E-state index in [1.165, 1.54) is 12.0 Å². The molecule has 0 radical (unpaired) electrons. The quantitative estimate of drug-likeness (QED) is 0.501. The highest BCUT2D eigenvalue weighted by Gasteiger charge is 2.33. The van der Waals surface area contributed by atoms with Gasteiger partial charge in [0.25, 0.3) is 0 Å². The number of aliphatic carboxylic acids is 1. The number of nitrogens with one attached hydrogen (secondary N) is 1. The number of methoxy groups -OCH3 is 1. The number of benzene rings is 2. The van der Waals surface area contributed by atoms with Crippen molar-refractivity contribution in [1.82, 2.24) is 10.2 Å². The fourth-order valence-electron chi connectivity index (χ4n) is 4.43. The van der Waals surface area contributed by atoms with Gasteiger partial charge in [0.2, 0.25) is 5.91 Å². The maximum atomic E-state index is 13.2. The number of carbonyl (C=O) groups is 3. The Kier molecular flexibility index (Phi) is 8.51. The van der Waals surface area contributed by atoms with E-state index in [-0.39, 0.29) is 37.8 Å². The molecule has 8 nitrogen and oxygen atoms in total. The molecular weight excluding hydrogens is 448 g/mol. The highest BCUT2D eigenvalue weighted by atomic mass is 16.5. The molecule has 2 N–H and O–H groups in total. The van der Waals surface area contributed by atoms with E-state index in [4.69, 9.17) is 14.6 Å². The standard InChI is InChI=1S/C27H34N2O6/c1-5-29(15-14-24(30)31)25(32)23(16-27(2,3)34-4)28-26(33)35-17-22-20-12-8-6-10-18(20)19-11-7-9-13-21(19)22/h6-13,22-23H,5,14-17H2,1-4H3,(H,28,33)(H,30,31). The van der Waals surface area contributed by atoms with Crippen molar-refractivity contribution in [2.24, 2.45) is 0 Å². The molecule has 188 valence electrons. The SMILES string of the molecule is CCN(CCC(=O)O)C(=O)C(CC(C)(C)OC)NC(=O)OCC1c2ccccc2-c2ccccc21. The first-order chi connectivity index (χ1) is 16.7. The van der Waals surface area contributed by atoms with E-state index in [1.54, 1.807) is 6.92 Å². The van der Waals surface area contributed by atoms with Crippen molar-refractivity contribution in [3.05, 3.63) is 59.7 Å². The first-order valence-electron chi connectivity index (χ1n) is 11.8. The average Bonchev–Trinajstić information content (AvgIpc) is 3.16. The van der Waals surface area contributed by atoms with Gasteiger partial charge >= 0.3 is 12.1 Å². The van der Waals surface area contributed by atoms with Crippen LogP contribution >= 0.6 is 0 Å². The van der Waals surface area contributed by atoms with E-state index in [9.17, 15) is 14.4 Å². The molecule has 2 amide bonds. The van der Waals surface area contributed by atoms with Crippen LogP contribution in [0.5, 0.6) is 0 Å². The second-order valence-electron chi connectivity index (χ2n) is 9.25. The predicted octanol–water partition coefficient (Wildman–Crippen LogP) is 4.03. The second-order valence-corrected chi connectivity index (χ2v) is 9.25. The number of nitrogens with zero attached hydrogens (tertiary/aromatic N) is 1. The van der Waals surface area contributed by atoms with Gasteiger partial charge in [-0.05, 0) is 43.0 Å². The first-order valence-corrected chi connectivity index (χ1v) is 11.8. The summed E-state index contributed by atoms with van der Waals surface area (Å²) in [6.45, 7) is 5.92. The summed E-state index contributed by atoms with van der Waals surface area (Å²) >= 11 is 0. The number of ether oxygens (including phenoxy) is 2. The molecular formula is C27H34N2O6. The average molecular weight is 483 g/mol. The molecule has 0 aliphatic heterocycles. The summed E-state index contributed by atoms with van der Waals surface area (Å²) in [5.41, 5.74) is 3.76. The third kappa shape index (κ3) is 6.39. The van der Waals surface area contributed by atoms with Crippen LogP contribution < -0.4 is 5.32 Å². The van der Waals surface area contributed by atoms with E-state index in [0.29, 0.717) is 6.54 Å². The summed E-state index contributed by atoms with van der Waals surface area (Å²) in [6.07, 6.45) is -0.674. The van der Waals surface area contributed by atoms with Crippen molar-refractivity contribution in [3.63, 3.8) is 0 Å². The van der Waals surface area contributed by atoms with Crippen LogP contribution in [-0.2, 0) is 19.1 Å². The summed E-state index contributed by atoms with van der Waals surface area (Å²) in [7, 11) is 1.54. The molecule has 1 aliphatic rings. The third-order valence-electron chi connectivity index (χ3n) is 6.47. The highest BCUT2D eigenvalue weighted by Crippen LogP contribution is 2.44. The molecule has 1 unspecified atom stereocenters. The molecule has 2 aromatic carbocycles. The number of carboxylic acids is 1. The molecule has 0 fully saturated rings. The number of rotatable bonds is 11. The topological polar surface area (TPSA) is 105 Å². The van der Waals surface area contributed by atoms with Crippen LogP contribution in [0.15, 0.2) is 48.5 Å². The maximum absolute atomic E-state index is 13.2. The Bertz CT molecular complexity index is 1020. The van der Waals surface area contributed by atoms with Crippen LogP contribution in [0, 0.1) is 0 Å². The zero-order valence-corrected chi connectivity index (χ0v) is 20.7. The number of carbonyl (C=O) groups excluding carboxylic acids is 2. The number of carboxylic acid groups (broad SMARTS) is 1. The van der Waals surface area contributed by atoms with Gasteiger partial charge in [-0.25, -0.2) is 4.79 Å². The van der Waals surface area contributed by atoms with Crippen molar-refractivity contribution in [1.29, 1.82) is 0 Å². The predicted molar refractivity (Wildman–Crippen MR) is 132 cm³/mol. The lowest BCUT2D eigenvalue weighted by molar-refractivity contribution is -0.139. The van der Waals surface area contributed by atoms with Gasteiger partial charge in [0.15, 0.2) is 0 Å². The number of amides is 2. The Morgan fingerprint density at radius 3 is 2.14 bits per heavy atom. The lowest BCUT2D eigenvalue weighted by Crippen LogP contribution is -2.52. The molecule has 0 spiro atoms. The van der Waals surface area contributed by atoms with Crippen LogP contribution in [0.25, 0.3) is 11.1 Å². The van der Waals surface area contributed by atoms with Crippen LogP contribution in [-0.4, -0.2) is 66.4 Å². The van der Waals surface area contributed by atoms with Gasteiger partial charge in [-0.3, -0.25) is 9.59 Å². The Hall–Kier alpha value is -3.39. The summed E-state index contributed by atoms with van der Waals surface area (Å²) in [4.78, 5) is 38.5. The normalized spacial score (nSPS) is 13.5. The molecule has 0 saturated carbocycles. The molecule has 0 heterocycles. The number of alkyl carbamates (subject to hydrolysis) is 1. The molecule has 0 saturated heterocycles. The fraction of sp³-hybridized carbons (Fsp3) is 0.444. The second kappa shape index (κ2) is 11.4. The fourth-order valence-corrected chi connectivity index (χ4v) is 4.43. The molecule has 35 heavy (non-hydrogen) atoms. The molecule has 1 atom stereocenters. The van der Waals surface area contributed by atoms with Gasteiger partial charge in [-0.2, -0.15) is 0 Å². The van der Waals surface area contributed by atoms with Gasteiger partial charge in [0.1, 0.15) is 12.6 Å². The van der Waals surface area contributed by atoms with Gasteiger partial charge in [0.05, 0.1) is 12.0 Å². The summed E-state index contributed by atoms with van der Waals surface area (Å²) in [5, 5.41) is 11.7. The van der Waals surface area contributed by atoms with Gasteiger partial charge in [-0.15, -0.1) is 0 Å². The van der Waals surface area contributed by atoms with Crippen molar-refractivity contribution in [2.45, 2.75) is 51.2 Å². The number of likely N-dealkylation sites (N-methyl/N-ethyl adjacent to an activating group) is 1. The molecule has 8 heteroatoms. The monoisotopic (exact) mass is 482 g/mol. The van der Waals surface area contributed by atoms with Crippen LogP contribution in [0.4, 0.5) is 4.79 Å². The Balaban J connectivity index is 1.72. The van der Waals surface area contributed by atoms with Crippen LogP contribution in [0.3, 0.4) is 0 Å². The summed E-state index contributed by atoms with van der Waals surface area (Å²) in [6, 6.07) is 15.2. The zero-order valence-electron chi connectivity index (χ0n) is 20.7. The zero-order chi connectivity index (χ0) is 25.6. The lowest BCUT2D eigenvalue weighted by atomic mass is 9.97.